The number of hydrogen-bond acceptors (Lipinski definition) is 12. The van der Waals surface area contributed by atoms with Crippen LogP contribution in [0.5, 0.6) is 0 Å². The largest absolute Gasteiger partial charge is 0.461 e. The van der Waals surface area contributed by atoms with E-state index in [1.165, 1.54) is 0 Å². The number of pyridine rings is 1. The van der Waals surface area contributed by atoms with Crippen LogP contribution >= 0.6 is 0 Å². The number of β-amino-alcohol motifs (C(OH)–C–C–N with tert-alkyl or cyclic N) is 1. The minimum Gasteiger partial charge on any atom is -0.461 e. The summed E-state index contributed by atoms with van der Waals surface area (Å²) >= 11 is 0. The smallest absolute Gasteiger partial charge is 0.405 e. The number of amides is 3. The first kappa shape index (κ1) is 58.5. The van der Waals surface area contributed by atoms with Crippen LogP contribution in [0.4, 0.5) is 26.3 Å². The van der Waals surface area contributed by atoms with Crippen molar-refractivity contribution in [2.75, 3.05) is 52.4 Å². The van der Waals surface area contributed by atoms with Crippen molar-refractivity contribution < 1.29 is 64.9 Å². The van der Waals surface area contributed by atoms with Gasteiger partial charge in [-0.1, -0.05) is 97.4 Å². The van der Waals surface area contributed by atoms with Crippen molar-refractivity contribution >= 4 is 23.7 Å². The number of likely N-dealkylation sites (tertiary alicyclic amines) is 1. The van der Waals surface area contributed by atoms with Crippen LogP contribution in [0.2, 0.25) is 0 Å². The molecular weight excluding hydrogens is 1040 g/mol. The molecular formula is C58H67F6N7O8. The summed E-state index contributed by atoms with van der Waals surface area (Å²) in [5.41, 5.74) is 4.43. The molecule has 1 aliphatic carbocycles. The Kier molecular flexibility index (Phi) is 20.0. The number of aliphatic hydroxyl groups is 2. The molecule has 2 aromatic heterocycles. The number of carbonyl (C=O) groups excluding carboxylic acids is 4. The van der Waals surface area contributed by atoms with E-state index in [9.17, 15) is 55.7 Å². The fraction of sp³-hybridized carbons (Fsp3) is 0.466. The number of esters is 1. The zero-order valence-corrected chi connectivity index (χ0v) is 43.6. The van der Waals surface area contributed by atoms with Gasteiger partial charge in [0.15, 0.2) is 5.76 Å². The van der Waals surface area contributed by atoms with E-state index in [-0.39, 0.29) is 50.0 Å². The van der Waals surface area contributed by atoms with Gasteiger partial charge in [0.1, 0.15) is 36.7 Å². The summed E-state index contributed by atoms with van der Waals surface area (Å²) in [5.74, 6) is -1.71. The van der Waals surface area contributed by atoms with Gasteiger partial charge in [0.2, 0.25) is 17.7 Å². The van der Waals surface area contributed by atoms with Gasteiger partial charge in [0.25, 0.3) is 0 Å². The minimum absolute atomic E-state index is 0.0318. The number of nitrogens with one attached hydrogen (secondary N) is 3. The highest BCUT2D eigenvalue weighted by molar-refractivity contribution is 5.83. The lowest BCUT2D eigenvalue weighted by molar-refractivity contribution is -0.146. The minimum atomic E-state index is -4.59. The summed E-state index contributed by atoms with van der Waals surface area (Å²) in [6, 6.07) is 33.5. The summed E-state index contributed by atoms with van der Waals surface area (Å²) in [6.07, 6.45) is -5.46. The summed E-state index contributed by atoms with van der Waals surface area (Å²) < 4.78 is 87.9. The van der Waals surface area contributed by atoms with Crippen molar-refractivity contribution in [1.29, 1.82) is 0 Å². The predicted molar refractivity (Wildman–Crippen MR) is 279 cm³/mol. The van der Waals surface area contributed by atoms with E-state index < -0.39 is 73.5 Å². The first-order chi connectivity index (χ1) is 37.8. The van der Waals surface area contributed by atoms with Crippen LogP contribution in [0.3, 0.4) is 0 Å². The molecule has 3 fully saturated rings. The first-order valence-corrected chi connectivity index (χ1v) is 26.8. The molecule has 21 heteroatoms. The lowest BCUT2D eigenvalue weighted by Gasteiger charge is -2.41. The number of fused-ring (bicyclic) bond motifs is 1. The van der Waals surface area contributed by atoms with E-state index in [0.717, 1.165) is 35.1 Å². The van der Waals surface area contributed by atoms with E-state index in [4.69, 9.17) is 9.15 Å². The second kappa shape index (κ2) is 27.0. The van der Waals surface area contributed by atoms with Crippen molar-refractivity contribution in [2.45, 2.75) is 107 Å². The SMILES string of the molecule is O=C(N[C@H]1c2ccccc2C[C@H]1O)[C@H](Cc1ccccc1)C[C@H](O)CN1CCN(Cc2ccc(-c3ccccn3)o2)C[C@H]1C(=O)NCC(F)(F)F.O=C1O[C@H](CN2CCCC[C@H]2C(=O)NCC(F)(F)F)C[C@H]1Cc1ccccc1. The van der Waals surface area contributed by atoms with Gasteiger partial charge in [-0.2, -0.15) is 26.3 Å². The van der Waals surface area contributed by atoms with Crippen LogP contribution in [0.25, 0.3) is 11.5 Å². The van der Waals surface area contributed by atoms with Crippen molar-refractivity contribution in [2.24, 2.45) is 11.8 Å². The van der Waals surface area contributed by atoms with Crippen molar-refractivity contribution in [3.63, 3.8) is 0 Å². The maximum Gasteiger partial charge on any atom is 0.405 e. The fourth-order valence-electron chi connectivity index (χ4n) is 11.0. The van der Waals surface area contributed by atoms with Crippen molar-refractivity contribution in [3.8, 4) is 11.5 Å². The molecule has 8 atom stereocenters. The number of nitrogens with zero attached hydrogens (tertiary/aromatic N) is 4. The number of piperazine rings is 1. The van der Waals surface area contributed by atoms with Crippen LogP contribution < -0.4 is 16.0 Å². The van der Waals surface area contributed by atoms with Crippen molar-refractivity contribution in [3.05, 3.63) is 149 Å². The number of piperidine rings is 1. The van der Waals surface area contributed by atoms with E-state index in [1.807, 2.05) is 117 Å². The first-order valence-electron chi connectivity index (χ1n) is 26.8. The van der Waals surface area contributed by atoms with Crippen LogP contribution in [0.1, 0.15) is 66.2 Å². The number of aliphatic hydroxyl groups excluding tert-OH is 2. The van der Waals surface area contributed by atoms with Gasteiger partial charge in [0, 0.05) is 51.3 Å². The molecule has 5 heterocycles. The number of benzene rings is 3. The molecule has 79 heavy (non-hydrogen) atoms. The number of ether oxygens (including phenoxy) is 1. The number of furan rings is 1. The molecule has 3 aliphatic heterocycles. The number of halogens is 6. The zero-order valence-electron chi connectivity index (χ0n) is 43.6. The number of hydrogen-bond donors (Lipinski definition) is 5. The summed E-state index contributed by atoms with van der Waals surface area (Å²) in [5, 5.41) is 29.2. The number of aromatic nitrogens is 1. The van der Waals surface area contributed by atoms with Crippen LogP contribution in [-0.4, -0.2) is 149 Å². The maximum atomic E-state index is 13.8. The Morgan fingerprint density at radius 3 is 2.13 bits per heavy atom. The molecule has 0 unspecified atom stereocenters. The van der Waals surface area contributed by atoms with Gasteiger partial charge >= 0.3 is 18.3 Å². The molecule has 3 saturated heterocycles. The Hall–Kier alpha value is -6.65. The maximum absolute atomic E-state index is 13.8. The molecule has 4 aliphatic rings. The molecule has 0 spiro atoms. The quantitative estimate of drug-likeness (QED) is 0.0442. The van der Waals surface area contributed by atoms with Gasteiger partial charge in [-0.05, 0) is 91.6 Å². The third-order valence-corrected chi connectivity index (χ3v) is 14.8. The molecule has 15 nitrogen and oxygen atoms in total. The Morgan fingerprint density at radius 1 is 0.759 bits per heavy atom. The topological polar surface area (TPSA) is 190 Å². The lowest BCUT2D eigenvalue weighted by Crippen LogP contribution is -2.60. The highest BCUT2D eigenvalue weighted by atomic mass is 19.4. The van der Waals surface area contributed by atoms with Gasteiger partial charge in [-0.25, -0.2) is 0 Å². The second-order valence-corrected chi connectivity index (χ2v) is 20.8. The molecule has 3 amide bonds. The molecule has 424 valence electrons. The predicted octanol–water partition coefficient (Wildman–Crippen LogP) is 6.58. The van der Waals surface area contributed by atoms with Gasteiger partial charge in [-0.15, -0.1) is 0 Å². The highest BCUT2D eigenvalue weighted by Gasteiger charge is 2.41. The second-order valence-electron chi connectivity index (χ2n) is 20.8. The Bertz CT molecular complexity index is 2770. The molecule has 9 rings (SSSR count). The summed E-state index contributed by atoms with van der Waals surface area (Å²) in [7, 11) is 0. The Labute approximate surface area is 454 Å². The van der Waals surface area contributed by atoms with Crippen molar-refractivity contribution in [1.82, 2.24) is 35.6 Å². The third-order valence-electron chi connectivity index (χ3n) is 14.8. The average molecular weight is 1100 g/mol. The van der Waals surface area contributed by atoms with Gasteiger partial charge in [0.05, 0.1) is 36.8 Å². The Morgan fingerprint density at radius 2 is 1.43 bits per heavy atom. The van der Waals surface area contributed by atoms with Crippen LogP contribution in [0.15, 0.2) is 126 Å². The zero-order chi connectivity index (χ0) is 56.1. The van der Waals surface area contributed by atoms with Crippen LogP contribution in [-0.2, 0) is 49.7 Å². The van der Waals surface area contributed by atoms with E-state index in [1.54, 1.807) is 29.3 Å². The van der Waals surface area contributed by atoms with Crippen LogP contribution in [0, 0.1) is 11.8 Å². The van der Waals surface area contributed by atoms with E-state index in [2.05, 4.69) is 10.3 Å². The molecule has 0 radical (unpaired) electrons. The third kappa shape index (κ3) is 17.2. The van der Waals surface area contributed by atoms with Gasteiger partial charge in [-0.3, -0.25) is 38.9 Å². The van der Waals surface area contributed by atoms with Gasteiger partial charge < -0.3 is 35.3 Å². The van der Waals surface area contributed by atoms with E-state index in [0.29, 0.717) is 75.5 Å². The number of carbonyl (C=O) groups is 4. The summed E-state index contributed by atoms with van der Waals surface area (Å²) in [4.78, 5) is 61.3. The molecule has 0 saturated carbocycles. The number of rotatable bonds is 19. The molecule has 5 aromatic rings. The fourth-order valence-corrected chi connectivity index (χ4v) is 11.0. The molecule has 3 aromatic carbocycles. The number of alkyl halides is 6. The van der Waals surface area contributed by atoms with E-state index >= 15 is 0 Å². The highest BCUT2D eigenvalue weighted by Crippen LogP contribution is 2.33. The molecule has 0 bridgehead atoms. The average Bonchev–Trinajstić information content (AvgIpc) is 4.19. The monoisotopic (exact) mass is 1100 g/mol. The summed E-state index contributed by atoms with van der Waals surface area (Å²) in [6.45, 7) is -0.672. The normalized spacial score (nSPS) is 22.7. The Balaban J connectivity index is 0.000000247. The number of cyclic esters (lactones) is 1. The molecule has 5 N–H and O–H groups in total. The standard InChI is InChI=1S/C38H42F3N5O5.C20H25F3N2O3/c39-38(40,41)24-43-37(50)32-23-45(22-29-13-14-34(51-29)31-12-6-7-15-42-31)16-17-46(32)21-28(47)19-27(18-25-8-2-1-3-9-25)36(49)44-35-30-11-5-4-10-26(30)20-33(35)48;21-20(22,23)13-24-18(26)17-8-4-5-9-25(17)12-16-11-15(19(27)28-16)10-14-6-2-1-3-7-14/h1-15,27-28,32-33,35,47-48H,16-24H2,(H,43,50)(H,44,49);1-3,6-7,15-17H,4-5,8-13H2,(H,24,26)/t27-,28+,32+,33-,35+;15-,16+,17+/m11/s1. The lowest BCUT2D eigenvalue weighted by atomic mass is 9.91.